The van der Waals surface area contributed by atoms with E-state index < -0.39 is 29.0 Å². The quantitative estimate of drug-likeness (QED) is 0.812. The molecule has 2 aromatic rings. The number of halogens is 1. The molecule has 1 amide bonds. The van der Waals surface area contributed by atoms with Crippen LogP contribution in [0.2, 0.25) is 0 Å². The highest BCUT2D eigenvalue weighted by atomic mass is 19.1. The van der Waals surface area contributed by atoms with Gasteiger partial charge < -0.3 is 15.2 Å². The fourth-order valence-electron chi connectivity index (χ4n) is 3.17. The van der Waals surface area contributed by atoms with E-state index in [2.05, 4.69) is 10.3 Å². The molecule has 2 heterocycles. The molecule has 0 unspecified atom stereocenters. The number of nitrogens with one attached hydrogen (secondary N) is 1. The van der Waals surface area contributed by atoms with Gasteiger partial charge in [-0.1, -0.05) is 0 Å². The van der Waals surface area contributed by atoms with Gasteiger partial charge in [-0.15, -0.1) is 0 Å². The first-order valence-corrected chi connectivity index (χ1v) is 8.12. The zero-order valence-electron chi connectivity index (χ0n) is 13.4. The molecule has 0 spiro atoms. The SMILES string of the molecule is O=CCn1c(=O)c(C(=O)N[C@H]2CC[C@@H](F)CC2)c(O)c2cccnc21. The fourth-order valence-corrected chi connectivity index (χ4v) is 3.17. The van der Waals surface area contributed by atoms with E-state index in [1.165, 1.54) is 12.3 Å². The summed E-state index contributed by atoms with van der Waals surface area (Å²) in [4.78, 5) is 40.1. The highest BCUT2D eigenvalue weighted by Crippen LogP contribution is 2.26. The molecular formula is C17H18FN3O4. The van der Waals surface area contributed by atoms with Gasteiger partial charge in [-0.25, -0.2) is 9.37 Å². The van der Waals surface area contributed by atoms with Crippen molar-refractivity contribution in [2.75, 3.05) is 0 Å². The Hall–Kier alpha value is -2.77. The topological polar surface area (TPSA) is 101 Å². The zero-order valence-corrected chi connectivity index (χ0v) is 13.4. The van der Waals surface area contributed by atoms with Crippen LogP contribution in [-0.2, 0) is 11.3 Å². The van der Waals surface area contributed by atoms with E-state index in [9.17, 15) is 23.9 Å². The minimum atomic E-state index is -0.863. The second-order valence-electron chi connectivity index (χ2n) is 6.10. The van der Waals surface area contributed by atoms with Crippen LogP contribution in [0.5, 0.6) is 5.75 Å². The van der Waals surface area contributed by atoms with Gasteiger partial charge in [-0.2, -0.15) is 0 Å². The van der Waals surface area contributed by atoms with Crippen molar-refractivity contribution < 1.29 is 19.1 Å². The molecule has 0 bridgehead atoms. The van der Waals surface area contributed by atoms with Gasteiger partial charge in [0.15, 0.2) is 0 Å². The summed E-state index contributed by atoms with van der Waals surface area (Å²) in [6.07, 6.45) is 2.76. The minimum absolute atomic E-state index is 0.131. The highest BCUT2D eigenvalue weighted by molar-refractivity contribution is 6.01. The molecule has 0 saturated heterocycles. The molecule has 3 rings (SSSR count). The normalized spacial score (nSPS) is 20.4. The number of rotatable bonds is 4. The second-order valence-corrected chi connectivity index (χ2v) is 6.10. The summed E-state index contributed by atoms with van der Waals surface area (Å²) in [6.45, 7) is -0.278. The maximum atomic E-state index is 13.2. The van der Waals surface area contributed by atoms with Gasteiger partial charge in [-0.3, -0.25) is 14.2 Å². The van der Waals surface area contributed by atoms with Gasteiger partial charge in [0.05, 0.1) is 11.9 Å². The lowest BCUT2D eigenvalue weighted by molar-refractivity contribution is -0.108. The fraction of sp³-hybridized carbons (Fsp3) is 0.412. The molecule has 1 aliphatic rings. The third-order valence-corrected chi connectivity index (χ3v) is 4.47. The lowest BCUT2D eigenvalue weighted by Gasteiger charge is -2.25. The zero-order chi connectivity index (χ0) is 18.0. The van der Waals surface area contributed by atoms with Crippen LogP contribution in [0.15, 0.2) is 23.1 Å². The van der Waals surface area contributed by atoms with Crippen LogP contribution in [0.3, 0.4) is 0 Å². The number of aromatic hydroxyl groups is 1. The number of pyridine rings is 2. The third-order valence-electron chi connectivity index (χ3n) is 4.47. The summed E-state index contributed by atoms with van der Waals surface area (Å²) in [5, 5.41) is 13.3. The average molecular weight is 347 g/mol. The maximum absolute atomic E-state index is 13.2. The number of aldehydes is 1. The number of fused-ring (bicyclic) bond motifs is 1. The smallest absolute Gasteiger partial charge is 0.269 e. The van der Waals surface area contributed by atoms with Crippen molar-refractivity contribution in [1.29, 1.82) is 0 Å². The highest BCUT2D eigenvalue weighted by Gasteiger charge is 2.27. The largest absolute Gasteiger partial charge is 0.506 e. The van der Waals surface area contributed by atoms with Gasteiger partial charge in [0.2, 0.25) is 0 Å². The molecule has 2 N–H and O–H groups in total. The van der Waals surface area contributed by atoms with Gasteiger partial charge in [-0.05, 0) is 37.8 Å². The van der Waals surface area contributed by atoms with Gasteiger partial charge in [0.1, 0.15) is 29.4 Å². The molecule has 0 radical (unpaired) electrons. The number of alkyl halides is 1. The van der Waals surface area contributed by atoms with Crippen molar-refractivity contribution in [3.8, 4) is 5.75 Å². The van der Waals surface area contributed by atoms with Gasteiger partial charge in [0.25, 0.3) is 11.5 Å². The van der Waals surface area contributed by atoms with Crippen molar-refractivity contribution in [2.24, 2.45) is 0 Å². The Labute approximate surface area is 142 Å². The summed E-state index contributed by atoms with van der Waals surface area (Å²) in [7, 11) is 0. The molecule has 8 heteroatoms. The summed E-state index contributed by atoms with van der Waals surface area (Å²) in [5.74, 6) is -1.19. The maximum Gasteiger partial charge on any atom is 0.269 e. The molecule has 0 aromatic carbocycles. The molecular weight excluding hydrogens is 329 g/mol. The number of carbonyl (C=O) groups is 2. The Morgan fingerprint density at radius 2 is 2.12 bits per heavy atom. The van der Waals surface area contributed by atoms with E-state index in [0.717, 1.165) is 4.57 Å². The molecule has 1 aliphatic carbocycles. The predicted molar refractivity (Wildman–Crippen MR) is 88.4 cm³/mol. The number of carbonyl (C=O) groups excluding carboxylic acids is 2. The minimum Gasteiger partial charge on any atom is -0.506 e. The van der Waals surface area contributed by atoms with Crippen molar-refractivity contribution in [2.45, 2.75) is 44.4 Å². The molecule has 0 atom stereocenters. The number of amides is 1. The average Bonchev–Trinajstić information content (AvgIpc) is 2.61. The van der Waals surface area contributed by atoms with E-state index >= 15 is 0 Å². The standard InChI is InChI=1S/C17H18FN3O4/c18-10-3-5-11(6-4-10)20-16(24)13-14(23)12-2-1-7-19-15(12)21(8-9-22)17(13)25/h1-2,7,9-11,23H,3-6,8H2,(H,20,24)/t10-,11+. The number of hydrogen-bond acceptors (Lipinski definition) is 5. The summed E-state index contributed by atoms with van der Waals surface area (Å²) < 4.78 is 14.3. The molecule has 1 fully saturated rings. The van der Waals surface area contributed by atoms with Crippen LogP contribution < -0.4 is 10.9 Å². The third kappa shape index (κ3) is 3.24. The monoisotopic (exact) mass is 347 g/mol. The summed E-state index contributed by atoms with van der Waals surface area (Å²) in [5.41, 5.74) is -1.08. The number of aromatic nitrogens is 2. The van der Waals surface area contributed by atoms with Gasteiger partial charge >= 0.3 is 0 Å². The van der Waals surface area contributed by atoms with E-state index in [1.807, 2.05) is 0 Å². The van der Waals surface area contributed by atoms with Crippen molar-refractivity contribution in [3.05, 3.63) is 34.2 Å². The molecule has 25 heavy (non-hydrogen) atoms. The second kappa shape index (κ2) is 7.00. The van der Waals surface area contributed by atoms with Crippen molar-refractivity contribution in [1.82, 2.24) is 14.9 Å². The van der Waals surface area contributed by atoms with Crippen LogP contribution >= 0.6 is 0 Å². The molecule has 132 valence electrons. The van der Waals surface area contributed by atoms with E-state index in [1.54, 1.807) is 6.07 Å². The lowest BCUT2D eigenvalue weighted by atomic mass is 9.94. The van der Waals surface area contributed by atoms with Crippen LogP contribution in [-0.4, -0.2) is 39.1 Å². The number of hydrogen-bond donors (Lipinski definition) is 2. The van der Waals surface area contributed by atoms with E-state index in [-0.39, 0.29) is 23.6 Å². The molecule has 0 aliphatic heterocycles. The summed E-state index contributed by atoms with van der Waals surface area (Å²) >= 11 is 0. The lowest BCUT2D eigenvalue weighted by Crippen LogP contribution is -2.41. The Kier molecular flexibility index (Phi) is 4.78. The van der Waals surface area contributed by atoms with Gasteiger partial charge in [0, 0.05) is 12.2 Å². The Morgan fingerprint density at radius 1 is 1.40 bits per heavy atom. The number of nitrogens with zero attached hydrogens (tertiary/aromatic N) is 2. The molecule has 2 aromatic heterocycles. The van der Waals surface area contributed by atoms with Crippen LogP contribution in [0, 0.1) is 0 Å². The molecule has 1 saturated carbocycles. The van der Waals surface area contributed by atoms with Crippen LogP contribution in [0.25, 0.3) is 11.0 Å². The van der Waals surface area contributed by atoms with E-state index in [0.29, 0.717) is 32.0 Å². The Bertz CT molecular complexity index is 872. The Morgan fingerprint density at radius 3 is 2.80 bits per heavy atom. The van der Waals surface area contributed by atoms with Crippen LogP contribution in [0.1, 0.15) is 36.0 Å². The predicted octanol–water partition coefficient (Wildman–Crippen LogP) is 1.31. The van der Waals surface area contributed by atoms with Crippen molar-refractivity contribution >= 4 is 23.2 Å². The summed E-state index contributed by atoms with van der Waals surface area (Å²) in [6, 6.07) is 2.83. The first-order chi connectivity index (χ1) is 12.0. The first-order valence-electron chi connectivity index (χ1n) is 8.12. The first kappa shape index (κ1) is 17.1. The van der Waals surface area contributed by atoms with E-state index in [4.69, 9.17) is 0 Å². The van der Waals surface area contributed by atoms with Crippen molar-refractivity contribution in [3.63, 3.8) is 0 Å². The Balaban J connectivity index is 2.01. The molecule has 7 nitrogen and oxygen atoms in total. The van der Waals surface area contributed by atoms with Crippen LogP contribution in [0.4, 0.5) is 4.39 Å².